The van der Waals surface area contributed by atoms with Gasteiger partial charge in [0.25, 0.3) is 0 Å². The van der Waals surface area contributed by atoms with Crippen LogP contribution in [0.1, 0.15) is 57.2 Å². The van der Waals surface area contributed by atoms with Crippen LogP contribution >= 0.6 is 0 Å². The third-order valence-corrected chi connectivity index (χ3v) is 3.39. The lowest BCUT2D eigenvalue weighted by molar-refractivity contribution is 0.0676. The summed E-state index contributed by atoms with van der Waals surface area (Å²) in [5, 5.41) is 14.6. The maximum Gasteiger partial charge on any atom is 0.150 e. The predicted octanol–water partition coefficient (Wildman–Crippen LogP) is 1.88. The van der Waals surface area contributed by atoms with Crippen molar-refractivity contribution in [2.75, 3.05) is 0 Å². The number of aromatic nitrogens is 3. The molecule has 1 aromatic heterocycles. The van der Waals surface area contributed by atoms with E-state index < -0.39 is 0 Å². The highest BCUT2D eigenvalue weighted by atomic mass is 16.3. The molecule has 0 amide bonds. The highest BCUT2D eigenvalue weighted by Crippen LogP contribution is 2.29. The Morgan fingerprint density at radius 2 is 2.00 bits per heavy atom. The molecule has 1 aliphatic carbocycles. The molecule has 4 heteroatoms. The van der Waals surface area contributed by atoms with E-state index >= 15 is 0 Å². The van der Waals surface area contributed by atoms with E-state index in [1.807, 2.05) is 4.68 Å². The number of hydrogen-bond donors (Lipinski definition) is 1. The molecule has 4 nitrogen and oxygen atoms in total. The van der Waals surface area contributed by atoms with Crippen molar-refractivity contribution in [3.8, 4) is 0 Å². The Hall–Kier alpha value is -0.900. The molecule has 0 saturated heterocycles. The van der Waals surface area contributed by atoms with E-state index in [0.29, 0.717) is 0 Å². The number of rotatable bonds is 3. The number of nitrogens with zero attached hydrogens (tertiary/aromatic N) is 3. The molecule has 0 bridgehead atoms. The molecule has 0 aliphatic heterocycles. The fraction of sp³-hybridized carbons (Fsp3) is 0.833. The Morgan fingerprint density at radius 1 is 1.25 bits per heavy atom. The van der Waals surface area contributed by atoms with Crippen LogP contribution in [0, 0.1) is 0 Å². The van der Waals surface area contributed by atoms with Crippen LogP contribution in [-0.2, 0) is 12.8 Å². The molecule has 1 aliphatic rings. The fourth-order valence-electron chi connectivity index (χ4n) is 2.44. The van der Waals surface area contributed by atoms with Gasteiger partial charge in [-0.25, -0.2) is 9.67 Å². The van der Waals surface area contributed by atoms with Crippen LogP contribution in [0.15, 0.2) is 0 Å². The molecule has 1 aromatic rings. The molecule has 1 N–H and O–H groups in total. The van der Waals surface area contributed by atoms with Crippen LogP contribution < -0.4 is 0 Å². The third-order valence-electron chi connectivity index (χ3n) is 3.39. The Morgan fingerprint density at radius 3 is 2.62 bits per heavy atom. The monoisotopic (exact) mass is 223 g/mol. The predicted molar refractivity (Wildman–Crippen MR) is 62.3 cm³/mol. The summed E-state index contributed by atoms with van der Waals surface area (Å²) in [6.45, 7) is 4.16. The molecule has 2 rings (SSSR count). The van der Waals surface area contributed by atoms with E-state index in [9.17, 15) is 5.11 Å². The minimum atomic E-state index is -0.245. The molecular weight excluding hydrogens is 202 g/mol. The van der Waals surface area contributed by atoms with Gasteiger partial charge >= 0.3 is 0 Å². The van der Waals surface area contributed by atoms with Gasteiger partial charge in [0.15, 0.2) is 5.82 Å². The van der Waals surface area contributed by atoms with Crippen molar-refractivity contribution in [3.05, 3.63) is 11.6 Å². The molecule has 16 heavy (non-hydrogen) atoms. The van der Waals surface area contributed by atoms with Crippen molar-refractivity contribution in [3.63, 3.8) is 0 Å². The SMILES string of the molecule is CCc1nc(CC)n([C@@H]2CCCC[C@H]2O)n1. The average Bonchev–Trinajstić information content (AvgIpc) is 2.72. The van der Waals surface area contributed by atoms with Gasteiger partial charge in [0.2, 0.25) is 0 Å². The largest absolute Gasteiger partial charge is 0.391 e. The summed E-state index contributed by atoms with van der Waals surface area (Å²) < 4.78 is 1.97. The van der Waals surface area contributed by atoms with Crippen LogP contribution in [0.2, 0.25) is 0 Å². The quantitative estimate of drug-likeness (QED) is 0.851. The Bertz CT molecular complexity index is 348. The van der Waals surface area contributed by atoms with Crippen molar-refractivity contribution in [2.45, 2.75) is 64.5 Å². The fourth-order valence-corrected chi connectivity index (χ4v) is 2.44. The molecule has 2 atom stereocenters. The number of aliphatic hydroxyl groups is 1. The second-order valence-electron chi connectivity index (χ2n) is 4.52. The highest BCUT2D eigenvalue weighted by molar-refractivity contribution is 4.96. The summed E-state index contributed by atoms with van der Waals surface area (Å²) in [6, 6.07) is 0.150. The number of aryl methyl sites for hydroxylation is 2. The summed E-state index contributed by atoms with van der Waals surface area (Å²) in [6.07, 6.45) is 5.75. The molecule has 0 aromatic carbocycles. The maximum absolute atomic E-state index is 10.0. The first-order valence-electron chi connectivity index (χ1n) is 6.38. The first kappa shape index (κ1) is 11.6. The first-order chi connectivity index (χ1) is 7.76. The second-order valence-corrected chi connectivity index (χ2v) is 4.52. The number of hydrogen-bond acceptors (Lipinski definition) is 3. The molecule has 1 fully saturated rings. The van der Waals surface area contributed by atoms with Crippen LogP contribution in [0.4, 0.5) is 0 Å². The standard InChI is InChI=1S/C12H21N3O/c1-3-11-13-12(4-2)15(14-11)9-7-5-6-8-10(9)16/h9-10,16H,3-8H2,1-2H3/t9-,10-/m1/s1. The van der Waals surface area contributed by atoms with E-state index in [-0.39, 0.29) is 12.1 Å². The van der Waals surface area contributed by atoms with Gasteiger partial charge in [-0.15, -0.1) is 0 Å². The van der Waals surface area contributed by atoms with Crippen LogP contribution in [-0.4, -0.2) is 26.0 Å². The van der Waals surface area contributed by atoms with Gasteiger partial charge in [-0.3, -0.25) is 0 Å². The molecule has 1 heterocycles. The molecule has 0 unspecified atom stereocenters. The number of aliphatic hydroxyl groups excluding tert-OH is 1. The lowest BCUT2D eigenvalue weighted by Crippen LogP contribution is -2.29. The van der Waals surface area contributed by atoms with Crippen molar-refractivity contribution in [2.24, 2.45) is 0 Å². The van der Waals surface area contributed by atoms with E-state index in [4.69, 9.17) is 0 Å². The summed E-state index contributed by atoms with van der Waals surface area (Å²) in [4.78, 5) is 4.50. The Kier molecular flexibility index (Phi) is 3.59. The minimum Gasteiger partial charge on any atom is -0.391 e. The smallest absolute Gasteiger partial charge is 0.150 e. The lowest BCUT2D eigenvalue weighted by Gasteiger charge is -2.28. The molecule has 0 radical (unpaired) electrons. The lowest BCUT2D eigenvalue weighted by atomic mass is 9.92. The molecule has 0 spiro atoms. The van der Waals surface area contributed by atoms with Gasteiger partial charge in [0, 0.05) is 12.8 Å². The average molecular weight is 223 g/mol. The van der Waals surface area contributed by atoms with E-state index in [2.05, 4.69) is 23.9 Å². The zero-order valence-electron chi connectivity index (χ0n) is 10.2. The van der Waals surface area contributed by atoms with Crippen molar-refractivity contribution >= 4 is 0 Å². The van der Waals surface area contributed by atoms with Gasteiger partial charge in [0.1, 0.15) is 5.82 Å². The maximum atomic E-state index is 10.0. The van der Waals surface area contributed by atoms with E-state index in [0.717, 1.165) is 43.8 Å². The minimum absolute atomic E-state index is 0.150. The summed E-state index contributed by atoms with van der Waals surface area (Å²) in [7, 11) is 0. The van der Waals surface area contributed by atoms with Crippen molar-refractivity contribution in [1.82, 2.24) is 14.8 Å². The van der Waals surface area contributed by atoms with Crippen molar-refractivity contribution in [1.29, 1.82) is 0 Å². The first-order valence-corrected chi connectivity index (χ1v) is 6.38. The Balaban J connectivity index is 2.26. The molecule has 1 saturated carbocycles. The zero-order chi connectivity index (χ0) is 11.5. The molecular formula is C12H21N3O. The highest BCUT2D eigenvalue weighted by Gasteiger charge is 2.27. The van der Waals surface area contributed by atoms with E-state index in [1.165, 1.54) is 6.42 Å². The Labute approximate surface area is 96.7 Å². The zero-order valence-corrected chi connectivity index (χ0v) is 10.2. The summed E-state index contributed by atoms with van der Waals surface area (Å²) in [5.41, 5.74) is 0. The van der Waals surface area contributed by atoms with Crippen LogP contribution in [0.3, 0.4) is 0 Å². The van der Waals surface area contributed by atoms with Crippen molar-refractivity contribution < 1.29 is 5.11 Å². The van der Waals surface area contributed by atoms with Gasteiger partial charge < -0.3 is 5.11 Å². The third kappa shape index (κ3) is 2.12. The summed E-state index contributed by atoms with van der Waals surface area (Å²) in [5.74, 6) is 1.91. The van der Waals surface area contributed by atoms with Gasteiger partial charge in [0.05, 0.1) is 12.1 Å². The van der Waals surface area contributed by atoms with Gasteiger partial charge in [-0.2, -0.15) is 5.10 Å². The second kappa shape index (κ2) is 4.95. The molecule has 90 valence electrons. The normalized spacial score (nSPS) is 25.9. The van der Waals surface area contributed by atoms with Crippen LogP contribution in [0.25, 0.3) is 0 Å². The van der Waals surface area contributed by atoms with Gasteiger partial charge in [-0.05, 0) is 12.8 Å². The van der Waals surface area contributed by atoms with Crippen LogP contribution in [0.5, 0.6) is 0 Å². The van der Waals surface area contributed by atoms with Gasteiger partial charge in [-0.1, -0.05) is 26.7 Å². The summed E-state index contributed by atoms with van der Waals surface area (Å²) >= 11 is 0. The topological polar surface area (TPSA) is 50.9 Å². The van der Waals surface area contributed by atoms with E-state index in [1.54, 1.807) is 0 Å².